The first kappa shape index (κ1) is 25.4. The summed E-state index contributed by atoms with van der Waals surface area (Å²) in [5, 5.41) is 5.72. The van der Waals surface area contributed by atoms with Crippen molar-refractivity contribution < 1.29 is 17.9 Å². The zero-order valence-corrected chi connectivity index (χ0v) is 22.1. The number of amides is 2. The van der Waals surface area contributed by atoms with Gasteiger partial charge in [0.1, 0.15) is 10.6 Å². The van der Waals surface area contributed by atoms with Crippen molar-refractivity contribution >= 4 is 39.0 Å². The fraction of sp³-hybridized carbons (Fsp3) is 0.346. The Morgan fingerprint density at radius 3 is 2.43 bits per heavy atom. The van der Waals surface area contributed by atoms with Gasteiger partial charge in [0.05, 0.1) is 29.8 Å². The van der Waals surface area contributed by atoms with Gasteiger partial charge in [0, 0.05) is 35.9 Å². The van der Waals surface area contributed by atoms with E-state index in [0.717, 1.165) is 0 Å². The van der Waals surface area contributed by atoms with Gasteiger partial charge in [-0.2, -0.15) is 0 Å². The van der Waals surface area contributed by atoms with E-state index in [2.05, 4.69) is 22.5 Å². The fourth-order valence-corrected chi connectivity index (χ4v) is 6.61. The number of rotatable bonds is 6. The molecule has 0 bridgehead atoms. The van der Waals surface area contributed by atoms with Gasteiger partial charge in [-0.1, -0.05) is 11.6 Å². The van der Waals surface area contributed by atoms with Crippen molar-refractivity contribution in [2.24, 2.45) is 0 Å². The predicted octanol–water partition coefficient (Wildman–Crippen LogP) is 4.24. The molecule has 9 nitrogen and oxygen atoms in total. The first-order chi connectivity index (χ1) is 17.7. The molecule has 37 heavy (non-hydrogen) atoms. The zero-order valence-electron chi connectivity index (χ0n) is 20.6. The summed E-state index contributed by atoms with van der Waals surface area (Å²) in [6.45, 7) is 3.82. The lowest BCUT2D eigenvalue weighted by Gasteiger charge is -2.34. The van der Waals surface area contributed by atoms with Crippen molar-refractivity contribution in [2.45, 2.75) is 35.4 Å². The second-order valence-corrected chi connectivity index (χ2v) is 12.0. The van der Waals surface area contributed by atoms with Gasteiger partial charge in [0.15, 0.2) is 15.7 Å². The van der Waals surface area contributed by atoms with Crippen molar-refractivity contribution in [3.8, 4) is 11.4 Å². The average Bonchev–Trinajstić information content (AvgIpc) is 3.72. The summed E-state index contributed by atoms with van der Waals surface area (Å²) >= 11 is 6.01. The number of nitrogens with one attached hydrogen (secondary N) is 2. The molecule has 0 radical (unpaired) electrons. The Kier molecular flexibility index (Phi) is 6.82. The van der Waals surface area contributed by atoms with Crippen molar-refractivity contribution in [3.05, 3.63) is 65.3 Å². The van der Waals surface area contributed by atoms with Crippen LogP contribution in [-0.4, -0.2) is 57.3 Å². The Morgan fingerprint density at radius 1 is 1.11 bits per heavy atom. The molecule has 1 atom stereocenters. The summed E-state index contributed by atoms with van der Waals surface area (Å²) in [5.74, 6) is 1.09. The van der Waals surface area contributed by atoms with Crippen LogP contribution in [0, 0.1) is 0 Å². The zero-order chi connectivity index (χ0) is 26.2. The lowest BCUT2D eigenvalue weighted by Crippen LogP contribution is -2.44. The van der Waals surface area contributed by atoms with Crippen molar-refractivity contribution in [1.82, 2.24) is 15.3 Å². The molecular weight excluding hydrogens is 514 g/mol. The first-order valence-electron chi connectivity index (χ1n) is 12.1. The molecule has 1 saturated carbocycles. The second kappa shape index (κ2) is 9.92. The summed E-state index contributed by atoms with van der Waals surface area (Å²) in [6.07, 6.45) is 0.947. The third kappa shape index (κ3) is 4.88. The molecule has 3 aromatic rings. The van der Waals surface area contributed by atoms with Crippen LogP contribution >= 0.6 is 11.6 Å². The Balaban J connectivity index is 1.59. The highest BCUT2D eigenvalue weighted by atomic mass is 35.5. The number of urea groups is 1. The predicted molar refractivity (Wildman–Crippen MR) is 143 cm³/mol. The van der Waals surface area contributed by atoms with Gasteiger partial charge < -0.3 is 20.3 Å². The standard InChI is InChI=1S/C26H28ClN5O4S/c1-17-16-36-14-13-32(17)23-15-22(26(11-12-26)37(34,35)21-9-5-19(27)6-10-21)30-24(31-23)18-3-7-20(8-4-18)29-25(33)28-2/h3-10,15,17H,11-14,16H2,1-2H3,(H2,28,29,33)/t17-/m0/s1. The minimum Gasteiger partial charge on any atom is -0.377 e. The molecule has 11 heteroatoms. The van der Waals surface area contributed by atoms with Crippen LogP contribution in [-0.2, 0) is 19.3 Å². The van der Waals surface area contributed by atoms with Crippen molar-refractivity contribution in [2.75, 3.05) is 37.0 Å². The van der Waals surface area contributed by atoms with Crippen LogP contribution in [0.5, 0.6) is 0 Å². The molecular formula is C26H28ClN5O4S. The average molecular weight is 542 g/mol. The Hall–Kier alpha value is -3.21. The summed E-state index contributed by atoms with van der Waals surface area (Å²) in [6, 6.07) is 15.0. The summed E-state index contributed by atoms with van der Waals surface area (Å²) in [7, 11) is -2.18. The van der Waals surface area contributed by atoms with E-state index < -0.39 is 14.6 Å². The molecule has 2 fully saturated rings. The number of anilines is 2. The summed E-state index contributed by atoms with van der Waals surface area (Å²) in [5.41, 5.74) is 1.81. The molecule has 2 heterocycles. The molecule has 2 amide bonds. The minimum absolute atomic E-state index is 0.0755. The molecule has 1 saturated heterocycles. The van der Waals surface area contributed by atoms with E-state index in [4.69, 9.17) is 26.3 Å². The number of morpholine rings is 1. The number of benzene rings is 2. The van der Waals surface area contributed by atoms with Gasteiger partial charge in [0.2, 0.25) is 0 Å². The Labute approximate surface area is 221 Å². The van der Waals surface area contributed by atoms with Crippen molar-refractivity contribution in [1.29, 1.82) is 0 Å². The minimum atomic E-state index is -3.73. The van der Waals surface area contributed by atoms with Crippen LogP contribution in [0.3, 0.4) is 0 Å². The van der Waals surface area contributed by atoms with Crippen LogP contribution in [0.1, 0.15) is 25.5 Å². The van der Waals surface area contributed by atoms with Gasteiger partial charge in [-0.15, -0.1) is 0 Å². The molecule has 2 aliphatic rings. The highest BCUT2D eigenvalue weighted by Crippen LogP contribution is 2.55. The number of halogens is 1. The van der Waals surface area contributed by atoms with Crippen LogP contribution < -0.4 is 15.5 Å². The molecule has 1 aliphatic carbocycles. The van der Waals surface area contributed by atoms with Gasteiger partial charge in [0.25, 0.3) is 0 Å². The van der Waals surface area contributed by atoms with E-state index in [9.17, 15) is 13.2 Å². The summed E-state index contributed by atoms with van der Waals surface area (Å²) < 4.78 is 32.1. The quantitative estimate of drug-likeness (QED) is 0.480. The monoisotopic (exact) mass is 541 g/mol. The van der Waals surface area contributed by atoms with E-state index in [-0.39, 0.29) is 17.0 Å². The number of hydrogen-bond acceptors (Lipinski definition) is 7. The normalized spacial score (nSPS) is 18.8. The first-order valence-corrected chi connectivity index (χ1v) is 13.9. The van der Waals surface area contributed by atoms with Crippen LogP contribution in [0.2, 0.25) is 5.02 Å². The molecule has 2 N–H and O–H groups in total. The maximum atomic E-state index is 13.8. The van der Waals surface area contributed by atoms with Gasteiger partial charge in [-0.3, -0.25) is 0 Å². The third-order valence-electron chi connectivity index (χ3n) is 6.81. The number of ether oxygens (including phenoxy) is 1. The molecule has 0 spiro atoms. The Morgan fingerprint density at radius 2 is 1.81 bits per heavy atom. The summed E-state index contributed by atoms with van der Waals surface area (Å²) in [4.78, 5) is 23.6. The maximum Gasteiger partial charge on any atom is 0.318 e. The van der Waals surface area contributed by atoms with Gasteiger partial charge in [-0.25, -0.2) is 23.2 Å². The number of aromatic nitrogens is 2. The lowest BCUT2D eigenvalue weighted by molar-refractivity contribution is 0.0985. The number of carbonyl (C=O) groups excluding carboxylic acids is 1. The topological polar surface area (TPSA) is 114 Å². The van der Waals surface area contributed by atoms with Crippen LogP contribution in [0.25, 0.3) is 11.4 Å². The number of sulfone groups is 1. The number of carbonyl (C=O) groups is 1. The Bertz CT molecular complexity index is 1410. The van der Waals surface area contributed by atoms with E-state index in [1.165, 1.54) is 0 Å². The largest absolute Gasteiger partial charge is 0.377 e. The highest BCUT2D eigenvalue weighted by molar-refractivity contribution is 7.92. The highest BCUT2D eigenvalue weighted by Gasteiger charge is 2.58. The SMILES string of the molecule is CNC(=O)Nc1ccc(-c2nc(N3CCOC[C@@H]3C)cc(C3(S(=O)(=O)c4ccc(Cl)cc4)CC3)n2)cc1. The van der Waals surface area contributed by atoms with E-state index in [0.29, 0.717) is 66.2 Å². The maximum absolute atomic E-state index is 13.8. The molecule has 1 aliphatic heterocycles. The molecule has 1 aromatic heterocycles. The van der Waals surface area contributed by atoms with Gasteiger partial charge >= 0.3 is 6.03 Å². The second-order valence-electron chi connectivity index (χ2n) is 9.29. The van der Waals surface area contributed by atoms with E-state index in [1.807, 2.05) is 18.2 Å². The number of hydrogen-bond donors (Lipinski definition) is 2. The van der Waals surface area contributed by atoms with Gasteiger partial charge in [-0.05, 0) is 68.3 Å². The fourth-order valence-electron chi connectivity index (χ4n) is 4.52. The molecule has 194 valence electrons. The smallest absolute Gasteiger partial charge is 0.318 e. The lowest BCUT2D eigenvalue weighted by atomic mass is 10.1. The van der Waals surface area contributed by atoms with Crippen molar-refractivity contribution in [3.63, 3.8) is 0 Å². The molecule has 0 unspecified atom stereocenters. The van der Waals surface area contributed by atoms with Crippen LogP contribution in [0.4, 0.5) is 16.3 Å². The van der Waals surface area contributed by atoms with E-state index >= 15 is 0 Å². The third-order valence-corrected chi connectivity index (χ3v) is 9.60. The van der Waals surface area contributed by atoms with E-state index in [1.54, 1.807) is 43.4 Å². The molecule has 2 aromatic carbocycles. The van der Waals surface area contributed by atoms with Crippen LogP contribution in [0.15, 0.2) is 59.5 Å². The number of nitrogens with zero attached hydrogens (tertiary/aromatic N) is 3. The molecule has 5 rings (SSSR count).